The molecule has 2 atom stereocenters. The van der Waals surface area contributed by atoms with E-state index in [0.717, 1.165) is 22.9 Å². The highest BCUT2D eigenvalue weighted by molar-refractivity contribution is 9.10. The smallest absolute Gasteiger partial charge is 0.239 e. The van der Waals surface area contributed by atoms with Crippen LogP contribution in [0.5, 0.6) is 0 Å². The van der Waals surface area contributed by atoms with E-state index in [9.17, 15) is 4.79 Å². The summed E-state index contributed by atoms with van der Waals surface area (Å²) in [4.78, 5) is 14.1. The third-order valence-corrected chi connectivity index (χ3v) is 4.01. The Hall–Kier alpha value is -0.910. The minimum Gasteiger partial charge on any atom is -0.370 e. The van der Waals surface area contributed by atoms with Crippen molar-refractivity contribution in [3.8, 4) is 0 Å². The van der Waals surface area contributed by atoms with Crippen LogP contribution in [0.15, 0.2) is 28.7 Å². The average Bonchev–Trinajstić information content (AvgIpc) is 2.47. The second-order valence-corrected chi connectivity index (χ2v) is 6.01. The summed E-state index contributed by atoms with van der Waals surface area (Å²) >= 11 is 3.46. The van der Waals surface area contributed by atoms with E-state index in [1.165, 1.54) is 0 Å². The molecule has 0 spiro atoms. The number of carbonyl (C=O) groups excluding carboxylic acids is 1. The standard InChI is InChI=1S/C15H21BrN2O2/c1-2-4-13(17)15(19)18-7-8-20-14(10-18)11-5-3-6-12(16)9-11/h3,5-6,9,13-14H,2,4,7-8,10,17H2,1H3/t13-,14+/m0/s1. The lowest BCUT2D eigenvalue weighted by molar-refractivity contribution is -0.140. The maximum atomic E-state index is 12.3. The highest BCUT2D eigenvalue weighted by Gasteiger charge is 2.28. The van der Waals surface area contributed by atoms with Gasteiger partial charge in [0.25, 0.3) is 0 Å². The van der Waals surface area contributed by atoms with Gasteiger partial charge in [0, 0.05) is 11.0 Å². The Morgan fingerprint density at radius 1 is 1.60 bits per heavy atom. The highest BCUT2D eigenvalue weighted by atomic mass is 79.9. The fourth-order valence-electron chi connectivity index (χ4n) is 2.43. The highest BCUT2D eigenvalue weighted by Crippen LogP contribution is 2.25. The molecular formula is C15H21BrN2O2. The Kier molecular flexibility index (Phi) is 5.57. The van der Waals surface area contributed by atoms with E-state index < -0.39 is 0 Å². The Labute approximate surface area is 128 Å². The maximum absolute atomic E-state index is 12.3. The molecule has 1 fully saturated rings. The number of hydrogen-bond donors (Lipinski definition) is 1. The molecule has 4 nitrogen and oxygen atoms in total. The maximum Gasteiger partial charge on any atom is 0.239 e. The summed E-state index contributed by atoms with van der Waals surface area (Å²) in [6.07, 6.45) is 1.59. The third-order valence-electron chi connectivity index (χ3n) is 3.52. The second kappa shape index (κ2) is 7.20. The minimum atomic E-state index is -0.388. The fraction of sp³-hybridized carbons (Fsp3) is 0.533. The lowest BCUT2D eigenvalue weighted by Crippen LogP contribution is -2.49. The predicted octanol–water partition coefficient (Wildman–Crippen LogP) is 2.48. The number of halogens is 1. The van der Waals surface area contributed by atoms with E-state index in [1.807, 2.05) is 36.1 Å². The molecule has 0 saturated carbocycles. The molecule has 1 aromatic rings. The van der Waals surface area contributed by atoms with Crippen molar-refractivity contribution in [2.24, 2.45) is 5.73 Å². The number of hydrogen-bond acceptors (Lipinski definition) is 3. The molecule has 2 N–H and O–H groups in total. The number of nitrogens with two attached hydrogens (primary N) is 1. The van der Waals surface area contributed by atoms with Gasteiger partial charge < -0.3 is 15.4 Å². The van der Waals surface area contributed by atoms with Gasteiger partial charge in [-0.1, -0.05) is 41.4 Å². The summed E-state index contributed by atoms with van der Waals surface area (Å²) in [5, 5.41) is 0. The lowest BCUT2D eigenvalue weighted by atomic mass is 10.1. The topological polar surface area (TPSA) is 55.6 Å². The van der Waals surface area contributed by atoms with E-state index in [2.05, 4.69) is 15.9 Å². The SMILES string of the molecule is CCC[C@H](N)C(=O)N1CCO[C@@H](c2cccc(Br)c2)C1. The number of benzene rings is 1. The molecule has 0 aromatic heterocycles. The van der Waals surface area contributed by atoms with Crippen LogP contribution in [-0.4, -0.2) is 36.5 Å². The molecule has 1 amide bonds. The molecule has 0 unspecified atom stereocenters. The summed E-state index contributed by atoms with van der Waals surface area (Å²) in [5.74, 6) is 0.0372. The molecule has 1 saturated heterocycles. The van der Waals surface area contributed by atoms with Crippen molar-refractivity contribution >= 4 is 21.8 Å². The van der Waals surface area contributed by atoms with E-state index >= 15 is 0 Å². The fourth-order valence-corrected chi connectivity index (χ4v) is 2.84. The first-order chi connectivity index (χ1) is 9.61. The van der Waals surface area contributed by atoms with Crippen LogP contribution >= 0.6 is 15.9 Å². The quantitative estimate of drug-likeness (QED) is 0.915. The second-order valence-electron chi connectivity index (χ2n) is 5.09. The minimum absolute atomic E-state index is 0.0372. The van der Waals surface area contributed by atoms with Gasteiger partial charge in [-0.15, -0.1) is 0 Å². The molecular weight excluding hydrogens is 320 g/mol. The molecule has 1 aromatic carbocycles. The first-order valence-corrected chi connectivity index (χ1v) is 7.82. The molecule has 5 heteroatoms. The average molecular weight is 341 g/mol. The van der Waals surface area contributed by atoms with Crippen molar-refractivity contribution in [1.82, 2.24) is 4.90 Å². The van der Waals surface area contributed by atoms with Gasteiger partial charge in [-0.2, -0.15) is 0 Å². The number of morpholine rings is 1. The molecule has 0 radical (unpaired) electrons. The van der Waals surface area contributed by atoms with Gasteiger partial charge in [0.2, 0.25) is 5.91 Å². The third kappa shape index (κ3) is 3.81. The number of carbonyl (C=O) groups is 1. The van der Waals surface area contributed by atoms with E-state index in [-0.39, 0.29) is 18.1 Å². The van der Waals surface area contributed by atoms with Gasteiger partial charge in [0.15, 0.2) is 0 Å². The molecule has 110 valence electrons. The van der Waals surface area contributed by atoms with Gasteiger partial charge in [-0.3, -0.25) is 4.79 Å². The normalized spacial score (nSPS) is 20.8. The Bertz CT molecular complexity index is 467. The van der Waals surface area contributed by atoms with Crippen molar-refractivity contribution in [2.75, 3.05) is 19.7 Å². The van der Waals surface area contributed by atoms with Gasteiger partial charge >= 0.3 is 0 Å². The summed E-state index contributed by atoms with van der Waals surface area (Å²) in [6.45, 7) is 3.80. The molecule has 1 aliphatic heterocycles. The van der Waals surface area contributed by atoms with Crippen LogP contribution in [0, 0.1) is 0 Å². The molecule has 0 bridgehead atoms. The van der Waals surface area contributed by atoms with Crippen LogP contribution in [0.4, 0.5) is 0 Å². The van der Waals surface area contributed by atoms with Crippen LogP contribution in [0.25, 0.3) is 0 Å². The van der Waals surface area contributed by atoms with Crippen molar-refractivity contribution < 1.29 is 9.53 Å². The van der Waals surface area contributed by atoms with Gasteiger partial charge in [0.05, 0.1) is 19.2 Å². The molecule has 1 aliphatic rings. The van der Waals surface area contributed by atoms with Gasteiger partial charge in [-0.05, 0) is 24.1 Å². The zero-order valence-electron chi connectivity index (χ0n) is 11.7. The number of rotatable bonds is 4. The van der Waals surface area contributed by atoms with Gasteiger partial charge in [0.1, 0.15) is 6.10 Å². The van der Waals surface area contributed by atoms with Crippen LogP contribution < -0.4 is 5.73 Å². The van der Waals surface area contributed by atoms with Crippen LogP contribution in [0.1, 0.15) is 31.4 Å². The largest absolute Gasteiger partial charge is 0.370 e. The zero-order chi connectivity index (χ0) is 14.5. The van der Waals surface area contributed by atoms with E-state index in [4.69, 9.17) is 10.5 Å². The van der Waals surface area contributed by atoms with Crippen molar-refractivity contribution in [3.63, 3.8) is 0 Å². The Morgan fingerprint density at radius 3 is 3.10 bits per heavy atom. The van der Waals surface area contributed by atoms with Crippen LogP contribution in [0.3, 0.4) is 0 Å². The first kappa shape index (κ1) is 15.5. The van der Waals surface area contributed by atoms with E-state index in [0.29, 0.717) is 19.7 Å². The first-order valence-electron chi connectivity index (χ1n) is 7.03. The predicted molar refractivity (Wildman–Crippen MR) is 82.3 cm³/mol. The van der Waals surface area contributed by atoms with Crippen LogP contribution in [0.2, 0.25) is 0 Å². The van der Waals surface area contributed by atoms with Gasteiger partial charge in [-0.25, -0.2) is 0 Å². The summed E-state index contributed by atoms with van der Waals surface area (Å²) in [5.41, 5.74) is 7.01. The summed E-state index contributed by atoms with van der Waals surface area (Å²) in [7, 11) is 0. The van der Waals surface area contributed by atoms with Crippen molar-refractivity contribution in [2.45, 2.75) is 31.9 Å². The van der Waals surface area contributed by atoms with Crippen molar-refractivity contribution in [1.29, 1.82) is 0 Å². The zero-order valence-corrected chi connectivity index (χ0v) is 13.3. The lowest BCUT2D eigenvalue weighted by Gasteiger charge is -2.34. The van der Waals surface area contributed by atoms with Crippen molar-refractivity contribution in [3.05, 3.63) is 34.3 Å². The summed E-state index contributed by atoms with van der Waals surface area (Å²) in [6, 6.07) is 7.62. The monoisotopic (exact) mass is 340 g/mol. The Balaban J connectivity index is 2.03. The van der Waals surface area contributed by atoms with E-state index in [1.54, 1.807) is 0 Å². The Morgan fingerprint density at radius 2 is 2.40 bits per heavy atom. The molecule has 1 heterocycles. The van der Waals surface area contributed by atoms with Crippen LogP contribution in [-0.2, 0) is 9.53 Å². The molecule has 0 aliphatic carbocycles. The number of ether oxygens (including phenoxy) is 1. The number of nitrogens with zero attached hydrogens (tertiary/aromatic N) is 1. The summed E-state index contributed by atoms with van der Waals surface area (Å²) < 4.78 is 6.80. The molecule has 20 heavy (non-hydrogen) atoms. The molecule has 2 rings (SSSR count). The number of amides is 1.